The van der Waals surface area contributed by atoms with Crippen LogP contribution in [0.3, 0.4) is 0 Å². The minimum absolute atomic E-state index is 0.0405. The van der Waals surface area contributed by atoms with Crippen LogP contribution >= 0.6 is 0 Å². The lowest BCUT2D eigenvalue weighted by Crippen LogP contribution is -2.38. The molecule has 6 heteroatoms. The Morgan fingerprint density at radius 3 is 2.94 bits per heavy atom. The van der Waals surface area contributed by atoms with Gasteiger partial charge in [0.15, 0.2) is 0 Å². The van der Waals surface area contributed by atoms with Crippen LogP contribution in [0.5, 0.6) is 0 Å². The van der Waals surface area contributed by atoms with Gasteiger partial charge in [-0.1, -0.05) is 0 Å². The van der Waals surface area contributed by atoms with Gasteiger partial charge in [0.1, 0.15) is 6.61 Å². The van der Waals surface area contributed by atoms with Gasteiger partial charge in [-0.05, 0) is 6.42 Å². The fourth-order valence-corrected chi connectivity index (χ4v) is 1.73. The first kappa shape index (κ1) is 12.9. The Morgan fingerprint density at radius 1 is 1.56 bits per heavy atom. The third-order valence-corrected chi connectivity index (χ3v) is 2.44. The quantitative estimate of drug-likeness (QED) is 0.574. The van der Waals surface area contributed by atoms with Crippen LogP contribution in [0.2, 0.25) is 0 Å². The number of hydrogen-bond acceptors (Lipinski definition) is 4. The summed E-state index contributed by atoms with van der Waals surface area (Å²) in [5.74, 6) is -0.0972. The summed E-state index contributed by atoms with van der Waals surface area (Å²) in [5.41, 5.74) is 5.25. The topological polar surface area (TPSA) is 84.7 Å². The molecule has 16 heavy (non-hydrogen) atoms. The van der Waals surface area contributed by atoms with Crippen LogP contribution in [-0.2, 0) is 14.3 Å². The highest BCUT2D eigenvalue weighted by molar-refractivity contribution is 5.78. The first-order chi connectivity index (χ1) is 7.63. The van der Waals surface area contributed by atoms with Gasteiger partial charge in [0, 0.05) is 32.6 Å². The van der Waals surface area contributed by atoms with Crippen LogP contribution in [0.25, 0.3) is 0 Å². The maximum absolute atomic E-state index is 11.6. The molecule has 1 rings (SSSR count). The summed E-state index contributed by atoms with van der Waals surface area (Å²) in [4.78, 5) is 24.1. The van der Waals surface area contributed by atoms with E-state index >= 15 is 0 Å². The van der Waals surface area contributed by atoms with Crippen LogP contribution < -0.4 is 11.1 Å². The van der Waals surface area contributed by atoms with E-state index in [9.17, 15) is 9.59 Å². The number of carbonyl (C=O) groups is 2. The zero-order valence-corrected chi connectivity index (χ0v) is 9.57. The number of nitrogens with two attached hydrogens (primary N) is 1. The molecule has 0 spiro atoms. The standard InChI is InChI=1S/C10H19N3O3/c1-8(14)12-9-2-4-13(6-9)10(15)7-16-5-3-11/h9H,2-7,11H2,1H3,(H,12,14). The molecule has 3 N–H and O–H groups in total. The van der Waals surface area contributed by atoms with Crippen molar-refractivity contribution >= 4 is 11.8 Å². The molecule has 6 nitrogen and oxygen atoms in total. The third-order valence-electron chi connectivity index (χ3n) is 2.44. The summed E-state index contributed by atoms with van der Waals surface area (Å²) in [6.07, 6.45) is 0.808. The molecule has 0 aromatic carbocycles. The SMILES string of the molecule is CC(=O)NC1CCN(C(=O)COCCN)C1. The molecule has 0 radical (unpaired) electrons. The summed E-state index contributed by atoms with van der Waals surface area (Å²) in [5, 5.41) is 2.80. The van der Waals surface area contributed by atoms with Gasteiger partial charge in [-0.2, -0.15) is 0 Å². The van der Waals surface area contributed by atoms with Crippen molar-refractivity contribution in [3.05, 3.63) is 0 Å². The second-order valence-corrected chi connectivity index (χ2v) is 3.87. The van der Waals surface area contributed by atoms with E-state index in [1.165, 1.54) is 6.92 Å². The Bertz CT molecular complexity index is 258. The fourth-order valence-electron chi connectivity index (χ4n) is 1.73. The number of amides is 2. The number of carbonyl (C=O) groups excluding carboxylic acids is 2. The number of rotatable bonds is 5. The van der Waals surface area contributed by atoms with E-state index in [4.69, 9.17) is 10.5 Å². The molecule has 1 fully saturated rings. The maximum Gasteiger partial charge on any atom is 0.248 e. The van der Waals surface area contributed by atoms with Gasteiger partial charge in [0.05, 0.1) is 6.61 Å². The Labute approximate surface area is 95.1 Å². The molecule has 2 amide bonds. The smallest absolute Gasteiger partial charge is 0.248 e. The van der Waals surface area contributed by atoms with Gasteiger partial charge in [0.25, 0.3) is 0 Å². The molecule has 0 aliphatic carbocycles. The molecule has 0 aromatic heterocycles. The molecule has 1 unspecified atom stereocenters. The lowest BCUT2D eigenvalue weighted by Gasteiger charge is -2.16. The van der Waals surface area contributed by atoms with Crippen molar-refractivity contribution in [2.75, 3.05) is 32.8 Å². The summed E-state index contributed by atoms with van der Waals surface area (Å²) < 4.78 is 5.07. The van der Waals surface area contributed by atoms with E-state index in [2.05, 4.69) is 5.32 Å². The number of hydrogen-bond donors (Lipinski definition) is 2. The average molecular weight is 229 g/mol. The molecule has 1 atom stereocenters. The van der Waals surface area contributed by atoms with Crippen molar-refractivity contribution in [1.82, 2.24) is 10.2 Å². The van der Waals surface area contributed by atoms with Crippen LogP contribution in [0.4, 0.5) is 0 Å². The van der Waals surface area contributed by atoms with E-state index in [-0.39, 0.29) is 24.5 Å². The van der Waals surface area contributed by atoms with E-state index in [1.807, 2.05) is 0 Å². The third kappa shape index (κ3) is 4.16. The zero-order chi connectivity index (χ0) is 12.0. The van der Waals surface area contributed by atoms with Crippen LogP contribution in [0.1, 0.15) is 13.3 Å². The molecular formula is C10H19N3O3. The molecule has 0 saturated carbocycles. The van der Waals surface area contributed by atoms with Gasteiger partial charge in [-0.3, -0.25) is 9.59 Å². The Balaban J connectivity index is 2.24. The van der Waals surface area contributed by atoms with Crippen LogP contribution in [0.15, 0.2) is 0 Å². The monoisotopic (exact) mass is 229 g/mol. The van der Waals surface area contributed by atoms with Crippen molar-refractivity contribution in [2.45, 2.75) is 19.4 Å². The summed E-state index contributed by atoms with van der Waals surface area (Å²) in [7, 11) is 0. The van der Waals surface area contributed by atoms with Crippen molar-refractivity contribution in [1.29, 1.82) is 0 Å². The summed E-state index contributed by atoms with van der Waals surface area (Å²) in [6.45, 7) is 3.62. The Morgan fingerprint density at radius 2 is 2.31 bits per heavy atom. The minimum atomic E-state index is -0.0568. The van der Waals surface area contributed by atoms with E-state index in [0.29, 0.717) is 26.2 Å². The van der Waals surface area contributed by atoms with Crippen molar-refractivity contribution in [3.8, 4) is 0 Å². The van der Waals surface area contributed by atoms with E-state index in [1.54, 1.807) is 4.90 Å². The van der Waals surface area contributed by atoms with Gasteiger partial charge in [-0.15, -0.1) is 0 Å². The Hall–Kier alpha value is -1.14. The van der Waals surface area contributed by atoms with Crippen molar-refractivity contribution in [3.63, 3.8) is 0 Å². The van der Waals surface area contributed by atoms with Gasteiger partial charge in [0.2, 0.25) is 11.8 Å². The minimum Gasteiger partial charge on any atom is -0.370 e. The predicted molar refractivity (Wildman–Crippen MR) is 58.7 cm³/mol. The lowest BCUT2D eigenvalue weighted by atomic mass is 10.3. The van der Waals surface area contributed by atoms with E-state index < -0.39 is 0 Å². The fraction of sp³-hybridized carbons (Fsp3) is 0.800. The first-order valence-electron chi connectivity index (χ1n) is 5.46. The molecule has 1 saturated heterocycles. The molecular weight excluding hydrogens is 210 g/mol. The largest absolute Gasteiger partial charge is 0.370 e. The van der Waals surface area contributed by atoms with Crippen molar-refractivity contribution in [2.24, 2.45) is 5.73 Å². The predicted octanol–water partition coefficient (Wildman–Crippen LogP) is -1.30. The lowest BCUT2D eigenvalue weighted by molar-refractivity contribution is -0.135. The number of nitrogens with zero attached hydrogens (tertiary/aromatic N) is 1. The highest BCUT2D eigenvalue weighted by Crippen LogP contribution is 2.09. The van der Waals surface area contributed by atoms with E-state index in [0.717, 1.165) is 6.42 Å². The summed E-state index contributed by atoms with van der Waals surface area (Å²) in [6, 6.07) is 0.0796. The van der Waals surface area contributed by atoms with Crippen molar-refractivity contribution < 1.29 is 14.3 Å². The van der Waals surface area contributed by atoms with Gasteiger partial charge in [-0.25, -0.2) is 0 Å². The van der Waals surface area contributed by atoms with Crippen LogP contribution in [0, 0.1) is 0 Å². The molecule has 1 aliphatic heterocycles. The second-order valence-electron chi connectivity index (χ2n) is 3.87. The summed E-state index contributed by atoms with van der Waals surface area (Å²) >= 11 is 0. The van der Waals surface area contributed by atoms with Gasteiger partial charge >= 0.3 is 0 Å². The average Bonchev–Trinajstić information content (AvgIpc) is 2.65. The molecule has 1 heterocycles. The molecule has 92 valence electrons. The molecule has 1 aliphatic rings. The molecule has 0 bridgehead atoms. The normalized spacial score (nSPS) is 19.9. The first-order valence-corrected chi connectivity index (χ1v) is 5.46. The second kappa shape index (κ2) is 6.44. The maximum atomic E-state index is 11.6. The number of ether oxygens (including phenoxy) is 1. The Kier molecular flexibility index (Phi) is 5.21. The number of likely N-dealkylation sites (tertiary alicyclic amines) is 1. The van der Waals surface area contributed by atoms with Gasteiger partial charge < -0.3 is 20.7 Å². The number of nitrogens with one attached hydrogen (secondary N) is 1. The van der Waals surface area contributed by atoms with Crippen LogP contribution in [-0.4, -0.2) is 55.6 Å². The molecule has 0 aromatic rings. The highest BCUT2D eigenvalue weighted by atomic mass is 16.5. The highest BCUT2D eigenvalue weighted by Gasteiger charge is 2.26. The zero-order valence-electron chi connectivity index (χ0n) is 9.57.